The fourth-order valence-electron chi connectivity index (χ4n) is 2.81. The number of thiazole rings is 1. The molecule has 0 saturated heterocycles. The van der Waals surface area contributed by atoms with Crippen LogP contribution in [0.5, 0.6) is 0 Å². The molecule has 138 valence electrons. The van der Waals surface area contributed by atoms with Crippen LogP contribution in [0.3, 0.4) is 0 Å². The van der Waals surface area contributed by atoms with E-state index in [0.717, 1.165) is 20.7 Å². The molecule has 0 radical (unpaired) electrons. The van der Waals surface area contributed by atoms with E-state index in [1.807, 2.05) is 42.5 Å². The normalized spacial score (nSPS) is 13.7. The number of carbonyl (C=O) groups excluding carboxylic acids is 1. The zero-order chi connectivity index (χ0) is 19.0. The molecule has 2 heterocycles. The van der Waals surface area contributed by atoms with E-state index in [9.17, 15) is 9.18 Å². The van der Waals surface area contributed by atoms with Gasteiger partial charge >= 0.3 is 0 Å². The van der Waals surface area contributed by atoms with Crippen molar-refractivity contribution >= 4 is 44.2 Å². The van der Waals surface area contributed by atoms with E-state index in [1.54, 1.807) is 23.5 Å². The molecule has 0 aliphatic carbocycles. The summed E-state index contributed by atoms with van der Waals surface area (Å²) >= 11 is 2.94. The quantitative estimate of drug-likeness (QED) is 0.503. The van der Waals surface area contributed by atoms with Crippen molar-refractivity contribution in [1.82, 2.24) is 19.9 Å². The van der Waals surface area contributed by atoms with Crippen molar-refractivity contribution in [3.63, 3.8) is 0 Å². The fraction of sp³-hybridized carbons (Fsp3) is 0.211. The molecule has 8 heteroatoms. The van der Waals surface area contributed by atoms with Crippen molar-refractivity contribution in [1.29, 1.82) is 0 Å². The number of carbonyl (C=O) groups is 1. The van der Waals surface area contributed by atoms with Crippen LogP contribution in [0, 0.1) is 5.82 Å². The second-order valence-electron chi connectivity index (χ2n) is 6.21. The smallest absolute Gasteiger partial charge is 0.233 e. The molecule has 1 N–H and O–H groups in total. The average Bonchev–Trinajstić information content (AvgIpc) is 3.22. The van der Waals surface area contributed by atoms with Gasteiger partial charge < -0.3 is 5.32 Å². The second kappa shape index (κ2) is 7.28. The number of rotatable bonds is 5. The van der Waals surface area contributed by atoms with Crippen LogP contribution < -0.4 is 5.32 Å². The van der Waals surface area contributed by atoms with Gasteiger partial charge in [-0.25, -0.2) is 4.39 Å². The number of thioether (sulfide) groups is 1. The summed E-state index contributed by atoms with van der Waals surface area (Å²) in [6, 6.07) is 14.0. The SMILES string of the molecule is CC(Sc1nnc2sc3ccccc3n12)C(=O)NC(C)c1ccc(F)cc1. The summed E-state index contributed by atoms with van der Waals surface area (Å²) in [7, 11) is 0. The number of amides is 1. The van der Waals surface area contributed by atoms with E-state index in [-0.39, 0.29) is 23.0 Å². The summed E-state index contributed by atoms with van der Waals surface area (Å²) in [6.07, 6.45) is 0. The zero-order valence-corrected chi connectivity index (χ0v) is 16.4. The Morgan fingerprint density at radius 1 is 1.15 bits per heavy atom. The van der Waals surface area contributed by atoms with E-state index in [1.165, 1.54) is 23.9 Å². The van der Waals surface area contributed by atoms with Crippen LogP contribution in [0.2, 0.25) is 0 Å². The van der Waals surface area contributed by atoms with Crippen LogP contribution in [0.15, 0.2) is 53.7 Å². The molecule has 27 heavy (non-hydrogen) atoms. The highest BCUT2D eigenvalue weighted by Gasteiger charge is 2.21. The lowest BCUT2D eigenvalue weighted by Crippen LogP contribution is -2.33. The van der Waals surface area contributed by atoms with Gasteiger partial charge in [0.2, 0.25) is 10.9 Å². The standard InChI is InChI=1S/C19H17FN4OS2/c1-11(13-7-9-14(20)10-8-13)21-17(25)12(2)26-18-22-23-19-24(18)15-5-3-4-6-16(15)27-19/h3-12H,1-2H3,(H,21,25). The molecule has 2 atom stereocenters. The molecule has 0 saturated carbocycles. The Kier molecular flexibility index (Phi) is 4.84. The Morgan fingerprint density at radius 3 is 2.67 bits per heavy atom. The van der Waals surface area contributed by atoms with Gasteiger partial charge in [0.25, 0.3) is 0 Å². The van der Waals surface area contributed by atoms with Crippen LogP contribution in [0.4, 0.5) is 4.39 Å². The van der Waals surface area contributed by atoms with Crippen molar-refractivity contribution in [2.45, 2.75) is 30.3 Å². The number of nitrogens with one attached hydrogen (secondary N) is 1. The van der Waals surface area contributed by atoms with Crippen molar-refractivity contribution < 1.29 is 9.18 Å². The third-order valence-corrected chi connectivity index (χ3v) is 6.35. The van der Waals surface area contributed by atoms with Crippen LogP contribution in [-0.4, -0.2) is 25.8 Å². The van der Waals surface area contributed by atoms with E-state index in [2.05, 4.69) is 15.5 Å². The van der Waals surface area contributed by atoms with Crippen molar-refractivity contribution in [3.8, 4) is 0 Å². The molecule has 1 amide bonds. The fourth-order valence-corrected chi connectivity index (χ4v) is 4.70. The first-order chi connectivity index (χ1) is 13.0. The third kappa shape index (κ3) is 3.54. The van der Waals surface area contributed by atoms with Gasteiger partial charge in [0.1, 0.15) is 5.82 Å². The molecule has 0 fully saturated rings. The maximum Gasteiger partial charge on any atom is 0.233 e. The first-order valence-electron chi connectivity index (χ1n) is 8.48. The number of halogens is 1. The van der Waals surface area contributed by atoms with Crippen LogP contribution in [0.1, 0.15) is 25.5 Å². The summed E-state index contributed by atoms with van der Waals surface area (Å²) < 4.78 is 16.2. The van der Waals surface area contributed by atoms with Crippen LogP contribution >= 0.6 is 23.1 Å². The molecule has 0 bridgehead atoms. The van der Waals surface area contributed by atoms with E-state index in [0.29, 0.717) is 5.16 Å². The predicted octanol–water partition coefficient (Wildman–Crippen LogP) is 4.44. The van der Waals surface area contributed by atoms with Gasteiger partial charge in [-0.1, -0.05) is 47.4 Å². The molecule has 0 aliphatic rings. The molecular weight excluding hydrogens is 383 g/mol. The van der Waals surface area contributed by atoms with Crippen molar-refractivity contribution in [2.24, 2.45) is 0 Å². The molecule has 5 nitrogen and oxygen atoms in total. The van der Waals surface area contributed by atoms with E-state index >= 15 is 0 Å². The van der Waals surface area contributed by atoms with Gasteiger partial charge in [-0.05, 0) is 43.7 Å². The Balaban J connectivity index is 1.50. The highest BCUT2D eigenvalue weighted by molar-refractivity contribution is 8.00. The first kappa shape index (κ1) is 17.9. The predicted molar refractivity (Wildman–Crippen MR) is 107 cm³/mol. The van der Waals surface area contributed by atoms with Crippen molar-refractivity contribution in [2.75, 3.05) is 0 Å². The Hall–Kier alpha value is -2.45. The van der Waals surface area contributed by atoms with Gasteiger partial charge in [0.15, 0.2) is 5.16 Å². The topological polar surface area (TPSA) is 59.3 Å². The molecular formula is C19H17FN4OS2. The molecule has 2 aromatic heterocycles. The minimum absolute atomic E-state index is 0.104. The number of hydrogen-bond donors (Lipinski definition) is 1. The van der Waals surface area contributed by atoms with E-state index < -0.39 is 0 Å². The lowest BCUT2D eigenvalue weighted by molar-refractivity contribution is -0.120. The average molecular weight is 401 g/mol. The van der Waals surface area contributed by atoms with Gasteiger partial charge in [0.05, 0.1) is 21.5 Å². The maximum atomic E-state index is 13.1. The van der Waals surface area contributed by atoms with Crippen LogP contribution in [0.25, 0.3) is 15.2 Å². The monoisotopic (exact) mass is 400 g/mol. The molecule has 2 unspecified atom stereocenters. The number of fused-ring (bicyclic) bond motifs is 3. The number of benzene rings is 2. The molecule has 4 aromatic rings. The molecule has 4 rings (SSSR count). The number of hydrogen-bond acceptors (Lipinski definition) is 5. The van der Waals surface area contributed by atoms with Gasteiger partial charge in [-0.15, -0.1) is 10.2 Å². The summed E-state index contributed by atoms with van der Waals surface area (Å²) in [5.74, 6) is -0.395. The molecule has 2 aromatic carbocycles. The largest absolute Gasteiger partial charge is 0.349 e. The highest BCUT2D eigenvalue weighted by atomic mass is 32.2. The Labute approximate surface area is 163 Å². The Morgan fingerprint density at radius 2 is 1.89 bits per heavy atom. The van der Waals surface area contributed by atoms with Crippen LogP contribution in [-0.2, 0) is 4.79 Å². The second-order valence-corrected chi connectivity index (χ2v) is 8.53. The van der Waals surface area contributed by atoms with Gasteiger partial charge in [-0.3, -0.25) is 9.20 Å². The number of nitrogens with zero attached hydrogens (tertiary/aromatic N) is 3. The summed E-state index contributed by atoms with van der Waals surface area (Å²) in [6.45, 7) is 3.72. The summed E-state index contributed by atoms with van der Waals surface area (Å²) in [4.78, 5) is 13.4. The summed E-state index contributed by atoms with van der Waals surface area (Å²) in [5.41, 5.74) is 1.90. The number of aromatic nitrogens is 3. The van der Waals surface area contributed by atoms with Crippen molar-refractivity contribution in [3.05, 3.63) is 59.9 Å². The minimum Gasteiger partial charge on any atom is -0.349 e. The van der Waals surface area contributed by atoms with E-state index in [4.69, 9.17) is 0 Å². The first-order valence-corrected chi connectivity index (χ1v) is 10.2. The maximum absolute atomic E-state index is 13.1. The zero-order valence-electron chi connectivity index (χ0n) is 14.7. The lowest BCUT2D eigenvalue weighted by atomic mass is 10.1. The van der Waals surface area contributed by atoms with Gasteiger partial charge in [0, 0.05) is 0 Å². The van der Waals surface area contributed by atoms with Gasteiger partial charge in [-0.2, -0.15) is 0 Å². The lowest BCUT2D eigenvalue weighted by Gasteiger charge is -2.17. The summed E-state index contributed by atoms with van der Waals surface area (Å²) in [5, 5.41) is 11.8. The Bertz CT molecular complexity index is 1110. The molecule has 0 aliphatic heterocycles. The minimum atomic E-state index is -0.348. The number of para-hydroxylation sites is 1. The highest BCUT2D eigenvalue weighted by Crippen LogP contribution is 2.31. The third-order valence-electron chi connectivity index (χ3n) is 4.29. The molecule has 0 spiro atoms.